The summed E-state index contributed by atoms with van der Waals surface area (Å²) < 4.78 is 0. The van der Waals surface area contributed by atoms with E-state index in [0.717, 1.165) is 42.7 Å². The zero-order valence-electron chi connectivity index (χ0n) is 17.7. The lowest BCUT2D eigenvalue weighted by atomic mass is 9.73. The van der Waals surface area contributed by atoms with Gasteiger partial charge in [-0.2, -0.15) is 0 Å². The molecule has 27 heavy (non-hydrogen) atoms. The van der Waals surface area contributed by atoms with Crippen LogP contribution >= 0.6 is 0 Å². The summed E-state index contributed by atoms with van der Waals surface area (Å²) >= 11 is 0. The fourth-order valence-electron chi connectivity index (χ4n) is 4.27. The molecule has 0 saturated heterocycles. The Morgan fingerprint density at radius 3 is 2.44 bits per heavy atom. The Balaban J connectivity index is 2.07. The highest BCUT2D eigenvalue weighted by molar-refractivity contribution is 5.51. The van der Waals surface area contributed by atoms with Crippen molar-refractivity contribution in [2.45, 2.75) is 85.0 Å². The molecule has 0 aliphatic heterocycles. The largest absolute Gasteiger partial charge is 0.507 e. The smallest absolute Gasteiger partial charge is 0.123 e. The zero-order valence-corrected chi connectivity index (χ0v) is 17.7. The van der Waals surface area contributed by atoms with Crippen molar-refractivity contribution >= 4 is 0 Å². The van der Waals surface area contributed by atoms with Crippen molar-refractivity contribution in [3.63, 3.8) is 0 Å². The van der Waals surface area contributed by atoms with Crippen LogP contribution in [0.2, 0.25) is 0 Å². The van der Waals surface area contributed by atoms with Crippen molar-refractivity contribution in [3.05, 3.63) is 47.1 Å². The zero-order chi connectivity index (χ0) is 20.0. The number of aryl methyl sites for hydroxylation is 1. The minimum atomic E-state index is 0.0147. The Labute approximate surface area is 166 Å². The molecule has 1 aromatic rings. The first-order valence-electron chi connectivity index (χ1n) is 10.7. The maximum absolute atomic E-state index is 10.7. The van der Waals surface area contributed by atoms with Gasteiger partial charge >= 0.3 is 0 Å². The summed E-state index contributed by atoms with van der Waals surface area (Å²) in [5.41, 5.74) is 4.14. The predicted octanol–water partition coefficient (Wildman–Crippen LogP) is 7.26. The lowest BCUT2D eigenvalue weighted by Gasteiger charge is -2.31. The molecule has 2 heteroatoms. The molecule has 150 valence electrons. The molecule has 2 N–H and O–H groups in total. The van der Waals surface area contributed by atoms with Crippen LogP contribution in [0.3, 0.4) is 0 Å². The number of unbranched alkanes of at least 4 members (excludes halogenated alkanes) is 2. The fourth-order valence-corrected chi connectivity index (χ4v) is 4.27. The first-order valence-corrected chi connectivity index (χ1v) is 10.7. The van der Waals surface area contributed by atoms with Crippen LogP contribution in [0, 0.1) is 11.8 Å². The molecule has 1 aromatic carbocycles. The quantitative estimate of drug-likeness (QED) is 0.354. The molecular weight excluding hydrogens is 332 g/mol. The monoisotopic (exact) mass is 370 g/mol. The second-order valence-corrected chi connectivity index (χ2v) is 8.69. The highest BCUT2D eigenvalue weighted by Gasteiger charge is 2.30. The van der Waals surface area contributed by atoms with E-state index in [1.165, 1.54) is 31.3 Å². The van der Waals surface area contributed by atoms with E-state index in [4.69, 9.17) is 0 Å². The van der Waals surface area contributed by atoms with Crippen LogP contribution in [0.15, 0.2) is 35.9 Å². The maximum Gasteiger partial charge on any atom is 0.123 e. The molecule has 3 atom stereocenters. The van der Waals surface area contributed by atoms with Crippen molar-refractivity contribution in [2.24, 2.45) is 11.8 Å². The van der Waals surface area contributed by atoms with Crippen molar-refractivity contribution in [1.82, 2.24) is 0 Å². The topological polar surface area (TPSA) is 40.5 Å². The molecule has 0 saturated carbocycles. The third kappa shape index (κ3) is 5.89. The second-order valence-electron chi connectivity index (χ2n) is 8.69. The summed E-state index contributed by atoms with van der Waals surface area (Å²) in [4.78, 5) is 0. The standard InChI is InChI=1S/C25H38O2/c1-6-18(4)10-8-7-9-11-20-15-23(26)25(24(27)16-20)22-14-19(5)12-13-21(22)17(2)3/h14-16,18,21-22,26-27H,2,6-13H2,1,3-5H3/t18?,21-,22+/m0/s1. The van der Waals surface area contributed by atoms with Crippen molar-refractivity contribution in [1.29, 1.82) is 0 Å². The van der Waals surface area contributed by atoms with Gasteiger partial charge in [-0.25, -0.2) is 0 Å². The Morgan fingerprint density at radius 2 is 1.85 bits per heavy atom. The van der Waals surface area contributed by atoms with Gasteiger partial charge in [0.25, 0.3) is 0 Å². The lowest BCUT2D eigenvalue weighted by molar-refractivity contribution is 0.406. The number of rotatable bonds is 9. The van der Waals surface area contributed by atoms with Gasteiger partial charge in [0.2, 0.25) is 0 Å². The van der Waals surface area contributed by atoms with Crippen molar-refractivity contribution < 1.29 is 10.2 Å². The Kier molecular flexibility index (Phi) is 8.01. The summed E-state index contributed by atoms with van der Waals surface area (Å²) in [6, 6.07) is 3.72. The first kappa shape index (κ1) is 21.6. The van der Waals surface area contributed by atoms with Crippen LogP contribution in [0.5, 0.6) is 11.5 Å². The van der Waals surface area contributed by atoms with Crippen LogP contribution in [0.1, 0.15) is 89.7 Å². The minimum Gasteiger partial charge on any atom is -0.507 e. The molecule has 0 bridgehead atoms. The summed E-state index contributed by atoms with van der Waals surface area (Å²) in [5.74, 6) is 1.56. The van der Waals surface area contributed by atoms with Gasteiger partial charge < -0.3 is 10.2 Å². The number of hydrogen-bond acceptors (Lipinski definition) is 2. The Bertz CT molecular complexity index is 648. The normalized spacial score (nSPS) is 21.0. The van der Waals surface area contributed by atoms with Crippen LogP contribution < -0.4 is 0 Å². The SMILES string of the molecule is C=C(C)[C@@H]1CCC(C)=C[C@H]1c1c(O)cc(CCCCCC(C)CC)cc1O. The van der Waals surface area contributed by atoms with Gasteiger partial charge in [-0.15, -0.1) is 0 Å². The average Bonchev–Trinajstić information content (AvgIpc) is 2.60. The molecule has 1 unspecified atom stereocenters. The van der Waals surface area contributed by atoms with E-state index in [0.29, 0.717) is 5.56 Å². The molecule has 2 rings (SSSR count). The summed E-state index contributed by atoms with van der Waals surface area (Å²) in [7, 11) is 0. The third-order valence-corrected chi connectivity index (χ3v) is 6.27. The summed E-state index contributed by atoms with van der Waals surface area (Å²) in [5, 5.41) is 21.4. The van der Waals surface area contributed by atoms with Gasteiger partial charge in [0, 0.05) is 11.5 Å². The van der Waals surface area contributed by atoms with Gasteiger partial charge in [-0.1, -0.05) is 63.3 Å². The predicted molar refractivity (Wildman–Crippen MR) is 115 cm³/mol. The number of phenols is 2. The van der Waals surface area contributed by atoms with Gasteiger partial charge in [0.05, 0.1) is 0 Å². The van der Waals surface area contributed by atoms with Gasteiger partial charge in [-0.05, 0) is 69.1 Å². The van der Waals surface area contributed by atoms with E-state index in [9.17, 15) is 10.2 Å². The van der Waals surface area contributed by atoms with E-state index >= 15 is 0 Å². The van der Waals surface area contributed by atoms with E-state index < -0.39 is 0 Å². The molecule has 0 fully saturated rings. The van der Waals surface area contributed by atoms with Crippen LogP contribution in [0.25, 0.3) is 0 Å². The average molecular weight is 371 g/mol. The number of hydrogen-bond donors (Lipinski definition) is 2. The van der Waals surface area contributed by atoms with Gasteiger partial charge in [0.15, 0.2) is 0 Å². The molecule has 0 amide bonds. The molecule has 0 spiro atoms. The van der Waals surface area contributed by atoms with Crippen LogP contribution in [-0.2, 0) is 6.42 Å². The lowest BCUT2D eigenvalue weighted by Crippen LogP contribution is -2.17. The number of allylic oxidation sites excluding steroid dienone is 3. The van der Waals surface area contributed by atoms with Crippen LogP contribution in [-0.4, -0.2) is 10.2 Å². The highest BCUT2D eigenvalue weighted by atomic mass is 16.3. The van der Waals surface area contributed by atoms with Gasteiger partial charge in [0.1, 0.15) is 11.5 Å². The van der Waals surface area contributed by atoms with E-state index in [-0.39, 0.29) is 23.3 Å². The first-order chi connectivity index (χ1) is 12.8. The summed E-state index contributed by atoms with van der Waals surface area (Å²) in [6.45, 7) is 12.9. The third-order valence-electron chi connectivity index (χ3n) is 6.27. The number of phenolic OH excluding ortho intramolecular Hbond substituents is 2. The Hall–Kier alpha value is -1.70. The molecule has 0 heterocycles. The van der Waals surface area contributed by atoms with Gasteiger partial charge in [-0.3, -0.25) is 0 Å². The molecule has 0 radical (unpaired) electrons. The van der Waals surface area contributed by atoms with E-state index in [1.807, 2.05) is 19.1 Å². The van der Waals surface area contributed by atoms with Crippen molar-refractivity contribution in [3.8, 4) is 11.5 Å². The highest BCUT2D eigenvalue weighted by Crippen LogP contribution is 2.46. The minimum absolute atomic E-state index is 0.0147. The molecule has 1 aliphatic carbocycles. The molecule has 2 nitrogen and oxygen atoms in total. The summed E-state index contributed by atoms with van der Waals surface area (Å²) in [6.07, 6.45) is 11.3. The molecular formula is C25H38O2. The number of benzene rings is 1. The Morgan fingerprint density at radius 1 is 1.19 bits per heavy atom. The maximum atomic E-state index is 10.7. The second kappa shape index (κ2) is 10.0. The van der Waals surface area contributed by atoms with E-state index in [1.54, 1.807) is 0 Å². The fraction of sp³-hybridized carbons (Fsp3) is 0.600. The van der Waals surface area contributed by atoms with E-state index in [2.05, 4.69) is 33.4 Å². The molecule has 0 aromatic heterocycles. The molecule has 1 aliphatic rings. The number of aromatic hydroxyl groups is 2. The van der Waals surface area contributed by atoms with Crippen LogP contribution in [0.4, 0.5) is 0 Å². The van der Waals surface area contributed by atoms with Crippen molar-refractivity contribution in [2.75, 3.05) is 0 Å².